The minimum absolute atomic E-state index is 0.140. The number of hydrogen-bond donors (Lipinski definition) is 2. The van der Waals surface area contributed by atoms with E-state index in [1.54, 1.807) is 6.07 Å². The molecule has 0 spiro atoms. The molecule has 100 valence electrons. The second kappa shape index (κ2) is 4.68. The van der Waals surface area contributed by atoms with Crippen molar-refractivity contribution in [3.8, 4) is 0 Å². The van der Waals surface area contributed by atoms with Gasteiger partial charge < -0.3 is 19.5 Å². The summed E-state index contributed by atoms with van der Waals surface area (Å²) in [6.07, 6.45) is 1.28. The average molecular weight is 261 g/mol. The molecule has 2 aromatic rings. The van der Waals surface area contributed by atoms with Crippen molar-refractivity contribution in [1.29, 1.82) is 0 Å². The smallest absolute Gasteiger partial charge is 0.258 e. The van der Waals surface area contributed by atoms with Gasteiger partial charge in [0.05, 0.1) is 24.3 Å². The molecule has 1 amide bonds. The Bertz CT molecular complexity index is 606. The van der Waals surface area contributed by atoms with Gasteiger partial charge in [0.15, 0.2) is 0 Å². The Kier molecular flexibility index (Phi) is 3.00. The fourth-order valence-electron chi connectivity index (χ4n) is 2.61. The zero-order chi connectivity index (χ0) is 13.4. The number of carbonyl (C=O) groups is 1. The molecule has 1 fully saturated rings. The normalized spacial score (nSPS) is 23.2. The van der Waals surface area contributed by atoms with Gasteiger partial charge in [0, 0.05) is 11.9 Å². The maximum absolute atomic E-state index is 12.5. The molecule has 2 atom stereocenters. The summed E-state index contributed by atoms with van der Waals surface area (Å²) in [6, 6.07) is 6.99. The van der Waals surface area contributed by atoms with Crippen molar-refractivity contribution in [2.24, 2.45) is 0 Å². The Balaban J connectivity index is 1.95. The molecule has 3 rings (SSSR count). The first-order valence-corrected chi connectivity index (χ1v) is 6.27. The Morgan fingerprint density at radius 2 is 2.21 bits per heavy atom. The second-order valence-corrected chi connectivity index (χ2v) is 4.83. The van der Waals surface area contributed by atoms with E-state index < -0.39 is 6.10 Å². The number of amides is 1. The molecule has 0 radical (unpaired) electrons. The third-order valence-corrected chi connectivity index (χ3v) is 3.58. The fraction of sp³-hybridized carbons (Fsp3) is 0.357. The molecule has 0 aliphatic carbocycles. The van der Waals surface area contributed by atoms with Crippen LogP contribution in [0.3, 0.4) is 0 Å². The van der Waals surface area contributed by atoms with Crippen LogP contribution in [0, 0.1) is 0 Å². The summed E-state index contributed by atoms with van der Waals surface area (Å²) in [5.41, 5.74) is 1.13. The predicted octanol–water partition coefficient (Wildman–Crippen LogP) is 1.00. The van der Waals surface area contributed by atoms with Crippen LogP contribution in [0.2, 0.25) is 0 Å². The number of aliphatic hydroxyl groups excluding tert-OH is 2. The van der Waals surface area contributed by atoms with Gasteiger partial charge in [-0.3, -0.25) is 4.79 Å². The number of carbonyl (C=O) groups excluding carboxylic acids is 1. The summed E-state index contributed by atoms with van der Waals surface area (Å²) >= 11 is 0. The highest BCUT2D eigenvalue weighted by atomic mass is 16.3. The highest BCUT2D eigenvalue weighted by Gasteiger charge is 2.35. The molecule has 1 saturated heterocycles. The molecule has 0 saturated carbocycles. The van der Waals surface area contributed by atoms with E-state index in [0.29, 0.717) is 17.6 Å². The van der Waals surface area contributed by atoms with Crippen molar-refractivity contribution in [3.63, 3.8) is 0 Å². The number of β-amino-alcohol motifs (C(OH)–C–C–N with tert-alkyl or cyclic N) is 1. The number of hydrogen-bond acceptors (Lipinski definition) is 4. The molecule has 5 heteroatoms. The highest BCUT2D eigenvalue weighted by Crippen LogP contribution is 2.26. The SMILES string of the molecule is O=C(c1coc2ccccc12)N1C[C@H](O)C[C@H]1CO. The highest BCUT2D eigenvalue weighted by molar-refractivity contribution is 6.06. The average Bonchev–Trinajstić information content (AvgIpc) is 3.01. The first-order chi connectivity index (χ1) is 9.20. The lowest BCUT2D eigenvalue weighted by Crippen LogP contribution is -2.37. The maximum atomic E-state index is 12.5. The molecule has 1 aromatic carbocycles. The van der Waals surface area contributed by atoms with Gasteiger partial charge in [0.25, 0.3) is 5.91 Å². The van der Waals surface area contributed by atoms with Crippen LogP contribution >= 0.6 is 0 Å². The molecule has 2 N–H and O–H groups in total. The number of para-hydroxylation sites is 1. The summed E-state index contributed by atoms with van der Waals surface area (Å²) in [7, 11) is 0. The Morgan fingerprint density at radius 3 is 3.00 bits per heavy atom. The number of furan rings is 1. The topological polar surface area (TPSA) is 73.9 Å². The van der Waals surface area contributed by atoms with Gasteiger partial charge in [-0.05, 0) is 12.5 Å². The fourth-order valence-corrected chi connectivity index (χ4v) is 2.61. The van der Waals surface area contributed by atoms with Gasteiger partial charge in [0.1, 0.15) is 11.8 Å². The number of rotatable bonds is 2. The third kappa shape index (κ3) is 2.01. The number of nitrogens with zero attached hydrogens (tertiary/aromatic N) is 1. The summed E-state index contributed by atoms with van der Waals surface area (Å²) in [6.45, 7) is 0.113. The van der Waals surface area contributed by atoms with Crippen molar-refractivity contribution < 1.29 is 19.4 Å². The van der Waals surface area contributed by atoms with E-state index in [0.717, 1.165) is 5.39 Å². The summed E-state index contributed by atoms with van der Waals surface area (Å²) < 4.78 is 5.35. The van der Waals surface area contributed by atoms with E-state index in [9.17, 15) is 15.0 Å². The van der Waals surface area contributed by atoms with E-state index in [4.69, 9.17) is 4.42 Å². The zero-order valence-electron chi connectivity index (χ0n) is 10.3. The molecule has 2 heterocycles. The van der Waals surface area contributed by atoms with Crippen LogP contribution in [0.4, 0.5) is 0 Å². The maximum Gasteiger partial charge on any atom is 0.258 e. The Hall–Kier alpha value is -1.85. The number of likely N-dealkylation sites (tertiary alicyclic amines) is 1. The van der Waals surface area contributed by atoms with E-state index in [-0.39, 0.29) is 25.1 Å². The minimum atomic E-state index is -0.570. The molecular weight excluding hydrogens is 246 g/mol. The van der Waals surface area contributed by atoms with E-state index >= 15 is 0 Å². The molecule has 1 aromatic heterocycles. The van der Waals surface area contributed by atoms with E-state index in [1.165, 1.54) is 11.2 Å². The monoisotopic (exact) mass is 261 g/mol. The number of aliphatic hydroxyl groups is 2. The first kappa shape index (κ1) is 12.2. The van der Waals surface area contributed by atoms with Gasteiger partial charge in [-0.1, -0.05) is 18.2 Å². The molecule has 5 nitrogen and oxygen atoms in total. The van der Waals surface area contributed by atoms with Gasteiger partial charge in [0.2, 0.25) is 0 Å². The third-order valence-electron chi connectivity index (χ3n) is 3.58. The van der Waals surface area contributed by atoms with Crippen LogP contribution in [0.1, 0.15) is 16.8 Å². The Labute approximate surface area is 110 Å². The lowest BCUT2D eigenvalue weighted by atomic mass is 10.1. The van der Waals surface area contributed by atoms with Gasteiger partial charge in [-0.15, -0.1) is 0 Å². The Morgan fingerprint density at radius 1 is 1.42 bits per heavy atom. The molecule has 1 aliphatic heterocycles. The number of fused-ring (bicyclic) bond motifs is 1. The molecule has 0 unspecified atom stereocenters. The summed E-state index contributed by atoms with van der Waals surface area (Å²) in [5.74, 6) is -0.208. The van der Waals surface area contributed by atoms with Crippen molar-refractivity contribution in [2.75, 3.05) is 13.2 Å². The van der Waals surface area contributed by atoms with Crippen molar-refractivity contribution in [3.05, 3.63) is 36.1 Å². The largest absolute Gasteiger partial charge is 0.463 e. The summed E-state index contributed by atoms with van der Waals surface area (Å²) in [4.78, 5) is 14.0. The van der Waals surface area contributed by atoms with Crippen LogP contribution in [0.25, 0.3) is 11.0 Å². The molecule has 1 aliphatic rings. The standard InChI is InChI=1S/C14H15NO4/c16-7-9-5-10(17)6-15(9)14(18)12-8-19-13-4-2-1-3-11(12)13/h1-4,8-10,16-17H,5-7H2/t9-,10+/m0/s1. The predicted molar refractivity (Wildman–Crippen MR) is 68.7 cm³/mol. The van der Waals surface area contributed by atoms with Crippen LogP contribution in [-0.2, 0) is 0 Å². The quantitative estimate of drug-likeness (QED) is 0.845. The van der Waals surface area contributed by atoms with Gasteiger partial charge in [-0.25, -0.2) is 0 Å². The van der Waals surface area contributed by atoms with E-state index in [2.05, 4.69) is 0 Å². The summed E-state index contributed by atoms with van der Waals surface area (Å²) in [5, 5.41) is 19.7. The minimum Gasteiger partial charge on any atom is -0.463 e. The molecular formula is C14H15NO4. The van der Waals surface area contributed by atoms with Gasteiger partial charge >= 0.3 is 0 Å². The van der Waals surface area contributed by atoms with Crippen LogP contribution < -0.4 is 0 Å². The van der Waals surface area contributed by atoms with Crippen molar-refractivity contribution in [1.82, 2.24) is 4.90 Å². The van der Waals surface area contributed by atoms with Crippen LogP contribution in [0.5, 0.6) is 0 Å². The van der Waals surface area contributed by atoms with Gasteiger partial charge in [-0.2, -0.15) is 0 Å². The first-order valence-electron chi connectivity index (χ1n) is 6.27. The van der Waals surface area contributed by atoms with Crippen LogP contribution in [0.15, 0.2) is 34.9 Å². The van der Waals surface area contributed by atoms with E-state index in [1.807, 2.05) is 18.2 Å². The molecule has 19 heavy (non-hydrogen) atoms. The van der Waals surface area contributed by atoms with Crippen molar-refractivity contribution in [2.45, 2.75) is 18.6 Å². The second-order valence-electron chi connectivity index (χ2n) is 4.83. The van der Waals surface area contributed by atoms with Crippen molar-refractivity contribution >= 4 is 16.9 Å². The lowest BCUT2D eigenvalue weighted by molar-refractivity contribution is 0.0666. The lowest BCUT2D eigenvalue weighted by Gasteiger charge is -2.22. The number of benzene rings is 1. The zero-order valence-corrected chi connectivity index (χ0v) is 10.3. The van der Waals surface area contributed by atoms with Crippen LogP contribution in [-0.4, -0.2) is 46.3 Å². The molecule has 0 bridgehead atoms.